The topological polar surface area (TPSA) is 29.3 Å². The third-order valence-electron chi connectivity index (χ3n) is 4.16. The number of hydrogen-bond donors (Lipinski definition) is 1. The van der Waals surface area contributed by atoms with Crippen LogP contribution in [0.1, 0.15) is 13.3 Å². The summed E-state index contributed by atoms with van der Waals surface area (Å²) in [7, 11) is 0. The van der Waals surface area contributed by atoms with Gasteiger partial charge in [-0.2, -0.15) is 11.8 Å². The Hall–Kier alpha value is 0.270. The number of fused-ring (bicyclic) bond motifs is 1. The Morgan fingerprint density at radius 2 is 2.15 bits per heavy atom. The van der Waals surface area contributed by atoms with E-state index in [9.17, 15) is 0 Å². The maximum absolute atomic E-state index is 6.08. The van der Waals surface area contributed by atoms with Crippen LogP contribution in [-0.4, -0.2) is 41.1 Å². The van der Waals surface area contributed by atoms with Gasteiger partial charge in [-0.1, -0.05) is 6.92 Å². The molecule has 3 heteroatoms. The Balaban J connectivity index is 1.73. The fraction of sp³-hybridized carbons (Fsp3) is 1.00. The van der Waals surface area contributed by atoms with Crippen LogP contribution < -0.4 is 5.73 Å². The zero-order valence-corrected chi connectivity index (χ0v) is 8.96. The summed E-state index contributed by atoms with van der Waals surface area (Å²) >= 11 is 2.12. The molecule has 2 N–H and O–H groups in total. The van der Waals surface area contributed by atoms with E-state index in [0.717, 1.165) is 23.9 Å². The van der Waals surface area contributed by atoms with Gasteiger partial charge in [0.2, 0.25) is 0 Å². The summed E-state index contributed by atoms with van der Waals surface area (Å²) in [6.07, 6.45) is 1.38. The number of hydrogen-bond acceptors (Lipinski definition) is 3. The van der Waals surface area contributed by atoms with E-state index in [2.05, 4.69) is 23.6 Å². The van der Waals surface area contributed by atoms with E-state index in [1.54, 1.807) is 0 Å². The molecule has 2 bridgehead atoms. The highest BCUT2D eigenvalue weighted by molar-refractivity contribution is 7.99. The van der Waals surface area contributed by atoms with Gasteiger partial charge in [-0.3, -0.25) is 4.90 Å². The second-order valence-corrected chi connectivity index (χ2v) is 5.99. The summed E-state index contributed by atoms with van der Waals surface area (Å²) in [4.78, 5) is 2.71. The van der Waals surface area contributed by atoms with Crippen molar-refractivity contribution in [3.8, 4) is 0 Å². The minimum absolute atomic E-state index is 0.512. The Bertz CT molecular complexity index is 221. The molecule has 1 saturated carbocycles. The molecule has 3 saturated heterocycles. The summed E-state index contributed by atoms with van der Waals surface area (Å²) < 4.78 is 0. The molecule has 0 aromatic rings. The molecule has 0 aromatic heterocycles. The maximum atomic E-state index is 6.08. The standard InChI is InChI=1S/C10H18N2S/c1-6-4-13-5-9(6)12-3-7-2-8(12)10(7)11/h6-10H,2-5,11H2,1H3. The predicted molar refractivity (Wildman–Crippen MR) is 56.9 cm³/mol. The normalized spacial score (nSPS) is 55.4. The fourth-order valence-electron chi connectivity index (χ4n) is 3.16. The molecule has 74 valence electrons. The molecule has 5 atom stereocenters. The van der Waals surface area contributed by atoms with Gasteiger partial charge in [0.1, 0.15) is 0 Å². The van der Waals surface area contributed by atoms with Gasteiger partial charge >= 0.3 is 0 Å². The summed E-state index contributed by atoms with van der Waals surface area (Å²) in [5, 5.41) is 0. The third kappa shape index (κ3) is 1.10. The van der Waals surface area contributed by atoms with Crippen molar-refractivity contribution in [2.45, 2.75) is 31.5 Å². The lowest BCUT2D eigenvalue weighted by atomic mass is 9.81. The Labute approximate surface area is 84.2 Å². The van der Waals surface area contributed by atoms with Gasteiger partial charge in [0.05, 0.1) is 0 Å². The number of thioether (sulfide) groups is 1. The smallest absolute Gasteiger partial charge is 0.0257 e. The van der Waals surface area contributed by atoms with Crippen LogP contribution in [0.5, 0.6) is 0 Å². The second kappa shape index (κ2) is 2.88. The molecule has 4 rings (SSSR count). The molecule has 0 spiro atoms. The second-order valence-electron chi connectivity index (χ2n) is 4.92. The summed E-state index contributed by atoms with van der Waals surface area (Å²) in [5.74, 6) is 4.42. The zero-order valence-electron chi connectivity index (χ0n) is 8.15. The van der Waals surface area contributed by atoms with E-state index in [1.165, 1.54) is 24.5 Å². The number of nitrogens with zero attached hydrogens (tertiary/aromatic N) is 1. The van der Waals surface area contributed by atoms with E-state index < -0.39 is 0 Å². The van der Waals surface area contributed by atoms with Crippen molar-refractivity contribution in [3.63, 3.8) is 0 Å². The fourth-order valence-corrected chi connectivity index (χ4v) is 4.65. The van der Waals surface area contributed by atoms with Crippen molar-refractivity contribution in [1.82, 2.24) is 4.90 Å². The Morgan fingerprint density at radius 1 is 1.31 bits per heavy atom. The minimum atomic E-state index is 0.512. The maximum Gasteiger partial charge on any atom is 0.0257 e. The molecule has 0 aromatic carbocycles. The number of nitrogens with two attached hydrogens (primary N) is 1. The molecule has 13 heavy (non-hydrogen) atoms. The van der Waals surface area contributed by atoms with Crippen LogP contribution >= 0.6 is 11.8 Å². The third-order valence-corrected chi connectivity index (χ3v) is 5.50. The summed E-state index contributed by atoms with van der Waals surface area (Å²) in [6, 6.07) is 2.10. The first-order chi connectivity index (χ1) is 6.27. The average Bonchev–Trinajstić information content (AvgIpc) is 2.74. The van der Waals surface area contributed by atoms with E-state index in [4.69, 9.17) is 5.73 Å². The monoisotopic (exact) mass is 198 g/mol. The van der Waals surface area contributed by atoms with Crippen LogP contribution in [0.3, 0.4) is 0 Å². The highest BCUT2D eigenvalue weighted by atomic mass is 32.2. The largest absolute Gasteiger partial charge is 0.326 e. The summed E-state index contributed by atoms with van der Waals surface area (Å²) in [6.45, 7) is 3.69. The molecule has 4 fully saturated rings. The van der Waals surface area contributed by atoms with Gasteiger partial charge in [0, 0.05) is 30.4 Å². The SMILES string of the molecule is CC1CSCC1N1CC2CC1C2N. The van der Waals surface area contributed by atoms with E-state index >= 15 is 0 Å². The first kappa shape index (κ1) is 8.57. The van der Waals surface area contributed by atoms with Gasteiger partial charge in [0.15, 0.2) is 0 Å². The molecule has 2 nitrogen and oxygen atoms in total. The lowest BCUT2D eigenvalue weighted by Gasteiger charge is -2.36. The predicted octanol–water partition coefficient (Wildman–Crippen LogP) is 0.769. The lowest BCUT2D eigenvalue weighted by Crippen LogP contribution is -2.52. The highest BCUT2D eigenvalue weighted by Crippen LogP contribution is 2.44. The molecule has 5 unspecified atom stereocenters. The number of rotatable bonds is 1. The van der Waals surface area contributed by atoms with Crippen LogP contribution in [0, 0.1) is 11.8 Å². The molecular formula is C10H18N2S. The summed E-state index contributed by atoms with van der Waals surface area (Å²) in [5.41, 5.74) is 6.08. The van der Waals surface area contributed by atoms with Crippen molar-refractivity contribution in [2.24, 2.45) is 17.6 Å². The van der Waals surface area contributed by atoms with Crippen LogP contribution in [0.25, 0.3) is 0 Å². The van der Waals surface area contributed by atoms with Crippen molar-refractivity contribution < 1.29 is 0 Å². The van der Waals surface area contributed by atoms with Crippen LogP contribution in [0.2, 0.25) is 0 Å². The van der Waals surface area contributed by atoms with Crippen LogP contribution in [0.4, 0.5) is 0 Å². The minimum Gasteiger partial charge on any atom is -0.326 e. The molecule has 0 radical (unpaired) electrons. The Morgan fingerprint density at radius 3 is 2.62 bits per heavy atom. The van der Waals surface area contributed by atoms with Gasteiger partial charge in [-0.15, -0.1) is 0 Å². The van der Waals surface area contributed by atoms with E-state index in [-0.39, 0.29) is 0 Å². The molecule has 3 heterocycles. The van der Waals surface area contributed by atoms with Gasteiger partial charge in [-0.25, -0.2) is 0 Å². The quantitative estimate of drug-likeness (QED) is 0.675. The van der Waals surface area contributed by atoms with Crippen LogP contribution in [-0.2, 0) is 0 Å². The van der Waals surface area contributed by atoms with Crippen LogP contribution in [0.15, 0.2) is 0 Å². The van der Waals surface area contributed by atoms with Gasteiger partial charge < -0.3 is 5.73 Å². The van der Waals surface area contributed by atoms with Crippen molar-refractivity contribution in [2.75, 3.05) is 18.1 Å². The molecular weight excluding hydrogens is 180 g/mol. The Kier molecular flexibility index (Phi) is 1.90. The first-order valence-corrected chi connectivity index (χ1v) is 6.52. The molecule has 0 amide bonds. The van der Waals surface area contributed by atoms with E-state index in [0.29, 0.717) is 6.04 Å². The lowest BCUT2D eigenvalue weighted by molar-refractivity contribution is 0.153. The zero-order chi connectivity index (χ0) is 9.00. The first-order valence-electron chi connectivity index (χ1n) is 5.36. The van der Waals surface area contributed by atoms with Gasteiger partial charge in [-0.05, 0) is 24.0 Å². The highest BCUT2D eigenvalue weighted by Gasteiger charge is 2.53. The molecule has 3 aliphatic heterocycles. The molecule has 1 aliphatic carbocycles. The van der Waals surface area contributed by atoms with Crippen molar-refractivity contribution in [1.29, 1.82) is 0 Å². The van der Waals surface area contributed by atoms with Crippen molar-refractivity contribution in [3.05, 3.63) is 0 Å². The van der Waals surface area contributed by atoms with Gasteiger partial charge in [0.25, 0.3) is 0 Å². The van der Waals surface area contributed by atoms with Crippen molar-refractivity contribution >= 4 is 11.8 Å². The van der Waals surface area contributed by atoms with E-state index in [1.807, 2.05) is 0 Å². The average molecular weight is 198 g/mol. The molecule has 4 aliphatic rings.